The van der Waals surface area contributed by atoms with E-state index in [0.717, 1.165) is 5.56 Å². The second-order valence-corrected chi connectivity index (χ2v) is 6.57. The Kier molecular flexibility index (Phi) is 3.80. The van der Waals surface area contributed by atoms with Crippen LogP contribution in [0.15, 0.2) is 24.3 Å². The average Bonchev–Trinajstić information content (AvgIpc) is 2.79. The van der Waals surface area contributed by atoms with Crippen LogP contribution in [0.5, 0.6) is 0 Å². The molecule has 1 aromatic rings. The summed E-state index contributed by atoms with van der Waals surface area (Å²) in [6.07, 6.45) is 0.432. The van der Waals surface area contributed by atoms with Crippen LogP contribution in [-0.4, -0.2) is 32.7 Å². The molecule has 1 atom stereocenters. The number of benzene rings is 1. The van der Waals surface area contributed by atoms with Gasteiger partial charge in [0.25, 0.3) is 0 Å². The van der Waals surface area contributed by atoms with E-state index in [-0.39, 0.29) is 11.7 Å². The van der Waals surface area contributed by atoms with Crippen molar-refractivity contribution in [3.05, 3.63) is 29.8 Å². The van der Waals surface area contributed by atoms with Crippen LogP contribution in [0.25, 0.3) is 0 Å². The molecule has 2 rings (SSSR count). The summed E-state index contributed by atoms with van der Waals surface area (Å²) in [5.41, 5.74) is 1.52. The molecule has 1 aromatic carbocycles. The molecular formula is C13H18N2O3S. The molecule has 0 spiro atoms. The molecule has 0 saturated heterocycles. The fourth-order valence-electron chi connectivity index (χ4n) is 2.33. The summed E-state index contributed by atoms with van der Waals surface area (Å²) in [5.74, 6) is -0.257. The minimum atomic E-state index is -3.45. The van der Waals surface area contributed by atoms with E-state index < -0.39 is 16.1 Å². The van der Waals surface area contributed by atoms with Gasteiger partial charge in [0.05, 0.1) is 11.4 Å². The molecule has 5 nitrogen and oxygen atoms in total. The van der Waals surface area contributed by atoms with E-state index in [9.17, 15) is 13.2 Å². The largest absolute Gasteiger partial charge is 0.355 e. The lowest BCUT2D eigenvalue weighted by molar-refractivity contribution is -0.121. The number of likely N-dealkylation sites (N-methyl/N-ethyl adjacent to an activating group) is 1. The summed E-state index contributed by atoms with van der Waals surface area (Å²) in [6.45, 7) is 3.90. The van der Waals surface area contributed by atoms with Gasteiger partial charge < -0.3 is 5.32 Å². The average molecular weight is 282 g/mol. The van der Waals surface area contributed by atoms with E-state index in [4.69, 9.17) is 0 Å². The Bertz CT molecular complexity index is 583. The lowest BCUT2D eigenvalue weighted by Crippen LogP contribution is -2.48. The van der Waals surface area contributed by atoms with Crippen molar-refractivity contribution in [3.8, 4) is 0 Å². The van der Waals surface area contributed by atoms with E-state index in [2.05, 4.69) is 5.32 Å². The van der Waals surface area contributed by atoms with E-state index >= 15 is 0 Å². The molecule has 0 fully saturated rings. The van der Waals surface area contributed by atoms with Gasteiger partial charge in [0.15, 0.2) is 0 Å². The molecule has 0 saturated carbocycles. The number of nitrogens with one attached hydrogen (secondary N) is 1. The van der Waals surface area contributed by atoms with Crippen LogP contribution >= 0.6 is 0 Å². The Balaban J connectivity index is 2.45. The fraction of sp³-hybridized carbons (Fsp3) is 0.462. The van der Waals surface area contributed by atoms with Gasteiger partial charge in [-0.15, -0.1) is 0 Å². The third-order valence-electron chi connectivity index (χ3n) is 3.24. The number of hydrogen-bond acceptors (Lipinski definition) is 3. The molecule has 0 aromatic heterocycles. The van der Waals surface area contributed by atoms with Crippen molar-refractivity contribution in [1.82, 2.24) is 5.32 Å². The third-order valence-corrected chi connectivity index (χ3v) is 5.02. The Morgan fingerprint density at radius 3 is 2.68 bits per heavy atom. The number of nitrogens with zero attached hydrogens (tertiary/aromatic N) is 1. The number of carbonyl (C=O) groups excluding carboxylic acids is 1. The van der Waals surface area contributed by atoms with Gasteiger partial charge in [0.1, 0.15) is 6.04 Å². The van der Waals surface area contributed by atoms with Crippen molar-refractivity contribution in [1.29, 1.82) is 0 Å². The Morgan fingerprint density at radius 2 is 2.05 bits per heavy atom. The summed E-state index contributed by atoms with van der Waals surface area (Å²) < 4.78 is 25.7. The zero-order valence-corrected chi connectivity index (χ0v) is 11.9. The molecule has 1 amide bonds. The van der Waals surface area contributed by atoms with Gasteiger partial charge in [-0.05, 0) is 25.5 Å². The van der Waals surface area contributed by atoms with E-state index in [1.165, 1.54) is 4.31 Å². The highest BCUT2D eigenvalue weighted by Crippen LogP contribution is 2.34. The first kappa shape index (κ1) is 13.9. The molecule has 0 aliphatic carbocycles. The van der Waals surface area contributed by atoms with E-state index in [0.29, 0.717) is 18.7 Å². The molecule has 1 aliphatic heterocycles. The number of carbonyl (C=O) groups is 1. The SMILES string of the molecule is CCNC(=O)C1Cc2ccccc2N1S(=O)(=O)CC. The molecule has 19 heavy (non-hydrogen) atoms. The molecule has 0 bridgehead atoms. The normalized spacial score (nSPS) is 18.2. The number of sulfonamides is 1. The predicted molar refractivity (Wildman–Crippen MR) is 74.6 cm³/mol. The first-order valence-electron chi connectivity index (χ1n) is 6.39. The lowest BCUT2D eigenvalue weighted by Gasteiger charge is -2.25. The van der Waals surface area contributed by atoms with Gasteiger partial charge in [-0.25, -0.2) is 8.42 Å². The molecule has 1 heterocycles. The Morgan fingerprint density at radius 1 is 1.37 bits per heavy atom. The minimum absolute atomic E-state index is 0.0166. The fourth-order valence-corrected chi connectivity index (χ4v) is 3.65. The molecule has 0 radical (unpaired) electrons. The number of rotatable bonds is 4. The van der Waals surface area contributed by atoms with E-state index in [1.54, 1.807) is 19.1 Å². The van der Waals surface area contributed by atoms with Crippen LogP contribution in [-0.2, 0) is 21.2 Å². The summed E-state index contributed by atoms with van der Waals surface area (Å²) in [4.78, 5) is 12.1. The number of hydrogen-bond donors (Lipinski definition) is 1. The molecule has 104 valence electrons. The molecule has 1 aliphatic rings. The molecule has 1 unspecified atom stereocenters. The Labute approximate surface area is 113 Å². The summed E-state index contributed by atoms with van der Waals surface area (Å²) >= 11 is 0. The van der Waals surface area contributed by atoms with Crippen LogP contribution in [0.2, 0.25) is 0 Å². The molecule has 6 heteroatoms. The maximum Gasteiger partial charge on any atom is 0.244 e. The summed E-state index contributed by atoms with van der Waals surface area (Å²) in [6, 6.07) is 6.60. The highest BCUT2D eigenvalue weighted by molar-refractivity contribution is 7.92. The van der Waals surface area contributed by atoms with Gasteiger partial charge in [-0.1, -0.05) is 18.2 Å². The monoisotopic (exact) mass is 282 g/mol. The van der Waals surface area contributed by atoms with Crippen LogP contribution in [0.4, 0.5) is 5.69 Å². The second-order valence-electron chi connectivity index (χ2n) is 4.44. The van der Waals surface area contributed by atoms with E-state index in [1.807, 2.05) is 19.1 Å². The van der Waals surface area contributed by atoms with Crippen molar-refractivity contribution in [2.45, 2.75) is 26.3 Å². The Hall–Kier alpha value is -1.56. The zero-order valence-electron chi connectivity index (χ0n) is 11.1. The summed E-state index contributed by atoms with van der Waals surface area (Å²) in [5, 5.41) is 2.70. The van der Waals surface area contributed by atoms with Gasteiger partial charge >= 0.3 is 0 Å². The standard InChI is InChI=1S/C13H18N2O3S/c1-3-14-13(16)12-9-10-7-5-6-8-11(10)15(12)19(17,18)4-2/h5-8,12H,3-4,9H2,1-2H3,(H,14,16). The van der Waals surface area contributed by atoms with Crippen LogP contribution in [0.3, 0.4) is 0 Å². The van der Waals surface area contributed by atoms with Crippen LogP contribution < -0.4 is 9.62 Å². The van der Waals surface area contributed by atoms with Crippen LogP contribution in [0, 0.1) is 0 Å². The number of anilines is 1. The second kappa shape index (κ2) is 5.21. The van der Waals surface area contributed by atoms with Crippen molar-refractivity contribution < 1.29 is 13.2 Å². The van der Waals surface area contributed by atoms with Gasteiger partial charge in [-0.2, -0.15) is 0 Å². The first-order chi connectivity index (χ1) is 9.01. The maximum absolute atomic E-state index is 12.2. The topological polar surface area (TPSA) is 66.5 Å². The molecular weight excluding hydrogens is 264 g/mol. The minimum Gasteiger partial charge on any atom is -0.355 e. The van der Waals surface area contributed by atoms with Gasteiger partial charge in [0, 0.05) is 13.0 Å². The number of para-hydroxylation sites is 1. The molecule has 1 N–H and O–H groups in total. The van der Waals surface area contributed by atoms with Gasteiger partial charge in [0.2, 0.25) is 15.9 Å². The highest BCUT2D eigenvalue weighted by atomic mass is 32.2. The summed E-state index contributed by atoms with van der Waals surface area (Å²) in [7, 11) is -3.45. The van der Waals surface area contributed by atoms with Gasteiger partial charge in [-0.3, -0.25) is 9.10 Å². The smallest absolute Gasteiger partial charge is 0.244 e. The maximum atomic E-state index is 12.2. The first-order valence-corrected chi connectivity index (χ1v) is 8.00. The lowest BCUT2D eigenvalue weighted by atomic mass is 10.1. The van der Waals surface area contributed by atoms with Crippen molar-refractivity contribution in [2.75, 3.05) is 16.6 Å². The van der Waals surface area contributed by atoms with Crippen molar-refractivity contribution >= 4 is 21.6 Å². The third kappa shape index (κ3) is 2.45. The van der Waals surface area contributed by atoms with Crippen LogP contribution in [0.1, 0.15) is 19.4 Å². The van der Waals surface area contributed by atoms with Crippen molar-refractivity contribution in [3.63, 3.8) is 0 Å². The predicted octanol–water partition coefficient (Wildman–Crippen LogP) is 0.903. The number of fused-ring (bicyclic) bond motifs is 1. The highest BCUT2D eigenvalue weighted by Gasteiger charge is 2.40. The quantitative estimate of drug-likeness (QED) is 0.892. The van der Waals surface area contributed by atoms with Crippen molar-refractivity contribution in [2.24, 2.45) is 0 Å². The zero-order chi connectivity index (χ0) is 14.0. The number of amides is 1.